The Morgan fingerprint density at radius 2 is 1.74 bits per heavy atom. The van der Waals surface area contributed by atoms with Crippen LogP contribution in [0.1, 0.15) is 0 Å². The van der Waals surface area contributed by atoms with Crippen LogP contribution in [0.4, 0.5) is 0 Å². The molecular formula is C15H14N2O2. The van der Waals surface area contributed by atoms with Gasteiger partial charge in [0.2, 0.25) is 5.88 Å². The van der Waals surface area contributed by atoms with E-state index in [-0.39, 0.29) is 0 Å². The molecule has 96 valence electrons. The first-order valence-corrected chi connectivity index (χ1v) is 5.98. The number of ether oxygens (including phenoxy) is 2. The van der Waals surface area contributed by atoms with Gasteiger partial charge < -0.3 is 14.5 Å². The molecule has 4 heteroatoms. The van der Waals surface area contributed by atoms with Crippen molar-refractivity contribution in [2.75, 3.05) is 14.2 Å². The van der Waals surface area contributed by atoms with E-state index in [9.17, 15) is 0 Å². The molecule has 0 saturated carbocycles. The number of benzene rings is 1. The minimum absolute atomic E-state index is 0.613. The molecule has 0 radical (unpaired) electrons. The summed E-state index contributed by atoms with van der Waals surface area (Å²) in [5.41, 5.74) is 4.04. The molecule has 2 aromatic heterocycles. The van der Waals surface area contributed by atoms with E-state index in [4.69, 9.17) is 9.47 Å². The van der Waals surface area contributed by atoms with Gasteiger partial charge in [0.15, 0.2) is 0 Å². The standard InChI is InChI=1S/C15H14N2O2/c1-18-11-5-3-10(4-6-11)12-9-16-13-7-8-14(19-2)17-15(12)13/h3-9,16H,1-2H3. The van der Waals surface area contributed by atoms with Crippen LogP contribution in [-0.4, -0.2) is 24.2 Å². The Balaban J connectivity index is 2.12. The third kappa shape index (κ3) is 2.01. The quantitative estimate of drug-likeness (QED) is 0.780. The van der Waals surface area contributed by atoms with Crippen molar-refractivity contribution in [3.8, 4) is 22.8 Å². The number of hydrogen-bond donors (Lipinski definition) is 1. The number of nitrogens with zero attached hydrogens (tertiary/aromatic N) is 1. The topological polar surface area (TPSA) is 47.1 Å². The lowest BCUT2D eigenvalue weighted by atomic mass is 10.1. The molecule has 19 heavy (non-hydrogen) atoms. The highest BCUT2D eigenvalue weighted by atomic mass is 16.5. The summed E-state index contributed by atoms with van der Waals surface area (Å²) in [6.45, 7) is 0. The normalized spacial score (nSPS) is 10.6. The second kappa shape index (κ2) is 4.65. The van der Waals surface area contributed by atoms with E-state index in [1.54, 1.807) is 14.2 Å². The maximum Gasteiger partial charge on any atom is 0.213 e. The summed E-state index contributed by atoms with van der Waals surface area (Å²) in [5, 5.41) is 0. The van der Waals surface area contributed by atoms with Crippen LogP contribution in [0.25, 0.3) is 22.2 Å². The molecule has 0 saturated heterocycles. The van der Waals surface area contributed by atoms with Crippen LogP contribution >= 0.6 is 0 Å². The zero-order chi connectivity index (χ0) is 13.2. The summed E-state index contributed by atoms with van der Waals surface area (Å²) in [4.78, 5) is 7.71. The minimum atomic E-state index is 0.613. The van der Waals surface area contributed by atoms with Crippen LogP contribution in [0.3, 0.4) is 0 Å². The summed E-state index contributed by atoms with van der Waals surface area (Å²) >= 11 is 0. The SMILES string of the molecule is COc1ccc(-c2c[nH]c3ccc(OC)nc23)cc1. The Kier molecular flexibility index (Phi) is 2.83. The van der Waals surface area contributed by atoms with Crippen LogP contribution in [0.15, 0.2) is 42.6 Å². The van der Waals surface area contributed by atoms with Gasteiger partial charge in [-0.15, -0.1) is 0 Å². The number of nitrogens with one attached hydrogen (secondary N) is 1. The Hall–Kier alpha value is -2.49. The van der Waals surface area contributed by atoms with Crippen molar-refractivity contribution in [1.82, 2.24) is 9.97 Å². The fourth-order valence-electron chi connectivity index (χ4n) is 2.09. The first-order chi connectivity index (χ1) is 9.31. The van der Waals surface area contributed by atoms with Crippen LogP contribution in [0, 0.1) is 0 Å². The van der Waals surface area contributed by atoms with Crippen molar-refractivity contribution in [2.24, 2.45) is 0 Å². The molecule has 3 rings (SSSR count). The highest BCUT2D eigenvalue weighted by molar-refractivity contribution is 5.92. The lowest BCUT2D eigenvalue weighted by Crippen LogP contribution is -1.87. The number of aromatic amines is 1. The van der Waals surface area contributed by atoms with Gasteiger partial charge in [0, 0.05) is 17.8 Å². The average molecular weight is 254 g/mol. The molecule has 0 atom stereocenters. The van der Waals surface area contributed by atoms with Gasteiger partial charge in [-0.2, -0.15) is 0 Å². The van der Waals surface area contributed by atoms with E-state index in [1.807, 2.05) is 42.6 Å². The van der Waals surface area contributed by atoms with Crippen LogP contribution in [0.2, 0.25) is 0 Å². The molecule has 0 bridgehead atoms. The molecule has 1 aromatic carbocycles. The van der Waals surface area contributed by atoms with Crippen LogP contribution in [-0.2, 0) is 0 Å². The van der Waals surface area contributed by atoms with Gasteiger partial charge in [-0.3, -0.25) is 0 Å². The molecular weight excluding hydrogens is 240 g/mol. The zero-order valence-electron chi connectivity index (χ0n) is 10.8. The molecule has 3 aromatic rings. The molecule has 4 nitrogen and oxygen atoms in total. The van der Waals surface area contributed by atoms with E-state index in [2.05, 4.69) is 9.97 Å². The predicted molar refractivity (Wildman–Crippen MR) is 74.6 cm³/mol. The first-order valence-electron chi connectivity index (χ1n) is 5.98. The third-order valence-electron chi connectivity index (χ3n) is 3.11. The number of pyridine rings is 1. The monoisotopic (exact) mass is 254 g/mol. The number of aromatic nitrogens is 2. The average Bonchev–Trinajstić information content (AvgIpc) is 2.90. The van der Waals surface area contributed by atoms with E-state index >= 15 is 0 Å². The second-order valence-corrected chi connectivity index (χ2v) is 4.18. The largest absolute Gasteiger partial charge is 0.497 e. The van der Waals surface area contributed by atoms with E-state index < -0.39 is 0 Å². The van der Waals surface area contributed by atoms with Gasteiger partial charge in [-0.1, -0.05) is 12.1 Å². The van der Waals surface area contributed by atoms with Gasteiger partial charge in [-0.25, -0.2) is 4.98 Å². The second-order valence-electron chi connectivity index (χ2n) is 4.18. The van der Waals surface area contributed by atoms with E-state index in [0.29, 0.717) is 5.88 Å². The lowest BCUT2D eigenvalue weighted by Gasteiger charge is -2.03. The van der Waals surface area contributed by atoms with Crippen molar-refractivity contribution in [1.29, 1.82) is 0 Å². The molecule has 2 heterocycles. The van der Waals surface area contributed by atoms with Gasteiger partial charge >= 0.3 is 0 Å². The summed E-state index contributed by atoms with van der Waals surface area (Å²) in [6.07, 6.45) is 1.96. The summed E-state index contributed by atoms with van der Waals surface area (Å²) in [6, 6.07) is 11.7. The Labute approximate surface area is 111 Å². The Morgan fingerprint density at radius 1 is 0.947 bits per heavy atom. The molecule has 0 fully saturated rings. The molecule has 1 N–H and O–H groups in total. The van der Waals surface area contributed by atoms with Gasteiger partial charge in [0.05, 0.1) is 25.3 Å². The van der Waals surface area contributed by atoms with Crippen LogP contribution < -0.4 is 9.47 Å². The zero-order valence-corrected chi connectivity index (χ0v) is 10.8. The maximum atomic E-state index is 5.17. The fraction of sp³-hybridized carbons (Fsp3) is 0.133. The van der Waals surface area contributed by atoms with E-state index in [1.165, 1.54) is 0 Å². The van der Waals surface area contributed by atoms with Crippen molar-refractivity contribution in [2.45, 2.75) is 0 Å². The van der Waals surface area contributed by atoms with Crippen molar-refractivity contribution in [3.63, 3.8) is 0 Å². The Morgan fingerprint density at radius 3 is 2.42 bits per heavy atom. The first kappa shape index (κ1) is 11.6. The maximum absolute atomic E-state index is 5.17. The van der Waals surface area contributed by atoms with Crippen molar-refractivity contribution >= 4 is 11.0 Å². The van der Waals surface area contributed by atoms with Crippen LogP contribution in [0.5, 0.6) is 11.6 Å². The number of fused-ring (bicyclic) bond motifs is 1. The number of H-pyrrole nitrogens is 1. The fourth-order valence-corrected chi connectivity index (χ4v) is 2.09. The Bertz CT molecular complexity index is 702. The van der Waals surface area contributed by atoms with Gasteiger partial charge in [0.1, 0.15) is 5.75 Å². The molecule has 0 unspecified atom stereocenters. The highest BCUT2D eigenvalue weighted by Gasteiger charge is 2.08. The van der Waals surface area contributed by atoms with Crippen molar-refractivity contribution < 1.29 is 9.47 Å². The lowest BCUT2D eigenvalue weighted by molar-refractivity contribution is 0.399. The highest BCUT2D eigenvalue weighted by Crippen LogP contribution is 2.29. The summed E-state index contributed by atoms with van der Waals surface area (Å²) in [7, 11) is 3.28. The summed E-state index contributed by atoms with van der Waals surface area (Å²) in [5.74, 6) is 1.45. The predicted octanol–water partition coefficient (Wildman–Crippen LogP) is 3.25. The van der Waals surface area contributed by atoms with Crippen molar-refractivity contribution in [3.05, 3.63) is 42.6 Å². The molecule has 0 aliphatic heterocycles. The smallest absolute Gasteiger partial charge is 0.213 e. The molecule has 0 amide bonds. The summed E-state index contributed by atoms with van der Waals surface area (Å²) < 4.78 is 10.3. The van der Waals surface area contributed by atoms with Gasteiger partial charge in [0.25, 0.3) is 0 Å². The molecule has 0 aliphatic rings. The number of rotatable bonds is 3. The minimum Gasteiger partial charge on any atom is -0.497 e. The third-order valence-corrected chi connectivity index (χ3v) is 3.11. The van der Waals surface area contributed by atoms with E-state index in [0.717, 1.165) is 27.9 Å². The number of hydrogen-bond acceptors (Lipinski definition) is 3. The molecule has 0 aliphatic carbocycles. The number of methoxy groups -OCH3 is 2. The van der Waals surface area contributed by atoms with Gasteiger partial charge in [-0.05, 0) is 23.8 Å². The molecule has 0 spiro atoms.